The van der Waals surface area contributed by atoms with Crippen LogP contribution in [0.25, 0.3) is 39.0 Å². The molecule has 0 aliphatic rings. The van der Waals surface area contributed by atoms with E-state index in [1.54, 1.807) is 0 Å². The second-order valence-electron chi connectivity index (χ2n) is 6.73. The number of pyridine rings is 1. The van der Waals surface area contributed by atoms with E-state index in [1.807, 2.05) is 30.5 Å². The molecule has 134 valence electrons. The fourth-order valence-corrected chi connectivity index (χ4v) is 3.68. The smallest absolute Gasteiger partial charge is 0.146 e. The van der Waals surface area contributed by atoms with E-state index in [9.17, 15) is 0 Å². The number of aromatic nitrogens is 2. The van der Waals surface area contributed by atoms with E-state index in [4.69, 9.17) is 11.6 Å². The van der Waals surface area contributed by atoms with Crippen molar-refractivity contribution in [1.29, 1.82) is 0 Å². The van der Waals surface area contributed by atoms with E-state index in [0.29, 0.717) is 5.15 Å². The Balaban J connectivity index is 1.76. The minimum Gasteiger partial charge on any atom is -0.301 e. The molecular weight excluding hydrogens is 364 g/mol. The number of hydrogen-bond acceptors (Lipinski definition) is 1. The molecule has 0 unspecified atom stereocenters. The first-order chi connectivity index (χ1) is 13.8. The molecule has 5 rings (SSSR count). The summed E-state index contributed by atoms with van der Waals surface area (Å²) in [4.78, 5) is 4.55. The summed E-state index contributed by atoms with van der Waals surface area (Å²) in [6.07, 6.45) is 2.05. The fourth-order valence-electron chi connectivity index (χ4n) is 3.54. The lowest BCUT2D eigenvalue weighted by molar-refractivity contribution is 1.09. The number of hydrogen-bond donors (Lipinski definition) is 0. The molecule has 28 heavy (non-hydrogen) atoms. The minimum atomic E-state index is 0.495. The van der Waals surface area contributed by atoms with Crippen molar-refractivity contribution in [3.8, 4) is 27.9 Å². The van der Waals surface area contributed by atoms with E-state index in [0.717, 1.165) is 16.7 Å². The third kappa shape index (κ3) is 3.08. The van der Waals surface area contributed by atoms with Gasteiger partial charge in [-0.1, -0.05) is 72.3 Å². The van der Waals surface area contributed by atoms with Crippen LogP contribution in [0, 0.1) is 0 Å². The van der Waals surface area contributed by atoms with Crippen molar-refractivity contribution in [3.63, 3.8) is 0 Å². The molecule has 0 fully saturated rings. The standard InChI is InChI=1S/C25H17ClN2/c26-24-12-11-20-13-14-28(25(20)27-24)23-16-21(18-7-3-1-4-8-18)15-22(17-23)19-9-5-2-6-10-19/h1-17H. The molecule has 0 aliphatic heterocycles. The van der Waals surface area contributed by atoms with Crippen LogP contribution in [0.1, 0.15) is 0 Å². The predicted octanol–water partition coefficient (Wildman–Crippen LogP) is 7.01. The molecule has 3 aromatic carbocycles. The molecule has 0 saturated carbocycles. The molecule has 3 heteroatoms. The van der Waals surface area contributed by atoms with Crippen LogP contribution in [0.4, 0.5) is 0 Å². The Morgan fingerprint density at radius 3 is 1.82 bits per heavy atom. The molecule has 2 aromatic heterocycles. The lowest BCUT2D eigenvalue weighted by atomic mass is 9.98. The Morgan fingerprint density at radius 1 is 0.607 bits per heavy atom. The van der Waals surface area contributed by atoms with Crippen LogP contribution in [0.3, 0.4) is 0 Å². The topological polar surface area (TPSA) is 17.8 Å². The number of nitrogens with zero attached hydrogens (tertiary/aromatic N) is 2. The molecule has 2 heterocycles. The zero-order chi connectivity index (χ0) is 18.9. The van der Waals surface area contributed by atoms with E-state index in [-0.39, 0.29) is 0 Å². The third-order valence-electron chi connectivity index (χ3n) is 4.91. The first-order valence-electron chi connectivity index (χ1n) is 9.18. The van der Waals surface area contributed by atoms with Crippen molar-refractivity contribution in [2.24, 2.45) is 0 Å². The van der Waals surface area contributed by atoms with Gasteiger partial charge >= 0.3 is 0 Å². The van der Waals surface area contributed by atoms with E-state index >= 15 is 0 Å². The van der Waals surface area contributed by atoms with E-state index in [2.05, 4.69) is 82.3 Å². The number of fused-ring (bicyclic) bond motifs is 1. The number of benzene rings is 3. The van der Waals surface area contributed by atoms with Crippen LogP contribution in [0.15, 0.2) is 103 Å². The van der Waals surface area contributed by atoms with Crippen LogP contribution in [0.2, 0.25) is 5.15 Å². The van der Waals surface area contributed by atoms with Gasteiger partial charge in [-0.25, -0.2) is 4.98 Å². The van der Waals surface area contributed by atoms with Crippen LogP contribution < -0.4 is 0 Å². The molecule has 2 nitrogen and oxygen atoms in total. The van der Waals surface area contributed by atoms with Gasteiger partial charge in [0.05, 0.1) is 0 Å². The van der Waals surface area contributed by atoms with Crippen molar-refractivity contribution in [1.82, 2.24) is 9.55 Å². The van der Waals surface area contributed by atoms with E-state index in [1.165, 1.54) is 22.3 Å². The average molecular weight is 381 g/mol. The maximum absolute atomic E-state index is 6.16. The van der Waals surface area contributed by atoms with Gasteiger partial charge in [-0.05, 0) is 58.7 Å². The molecule has 5 aromatic rings. The summed E-state index contributed by atoms with van der Waals surface area (Å²) in [6, 6.07) is 33.4. The number of rotatable bonds is 3. The summed E-state index contributed by atoms with van der Waals surface area (Å²) in [5, 5.41) is 1.56. The number of halogens is 1. The summed E-state index contributed by atoms with van der Waals surface area (Å²) in [6.45, 7) is 0. The SMILES string of the molecule is Clc1ccc2ccn(-c3cc(-c4ccccc4)cc(-c4ccccc4)c3)c2n1. The lowest BCUT2D eigenvalue weighted by Crippen LogP contribution is -1.96. The summed E-state index contributed by atoms with van der Waals surface area (Å²) in [5.74, 6) is 0. The maximum atomic E-state index is 6.16. The van der Waals surface area contributed by atoms with Gasteiger partial charge in [-0.2, -0.15) is 0 Å². The highest BCUT2D eigenvalue weighted by Gasteiger charge is 2.10. The van der Waals surface area contributed by atoms with E-state index < -0.39 is 0 Å². The van der Waals surface area contributed by atoms with Gasteiger partial charge < -0.3 is 4.57 Å². The second kappa shape index (κ2) is 6.99. The first-order valence-corrected chi connectivity index (χ1v) is 9.56. The highest BCUT2D eigenvalue weighted by Crippen LogP contribution is 2.31. The summed E-state index contributed by atoms with van der Waals surface area (Å²) in [7, 11) is 0. The van der Waals surface area contributed by atoms with Gasteiger partial charge in [0, 0.05) is 17.3 Å². The molecule has 0 radical (unpaired) electrons. The molecule has 0 N–H and O–H groups in total. The molecule has 0 atom stereocenters. The van der Waals surface area contributed by atoms with Gasteiger partial charge in [-0.15, -0.1) is 0 Å². The maximum Gasteiger partial charge on any atom is 0.146 e. The van der Waals surface area contributed by atoms with Crippen molar-refractivity contribution in [3.05, 3.63) is 108 Å². The summed E-state index contributed by atoms with van der Waals surface area (Å²) >= 11 is 6.16. The zero-order valence-corrected chi connectivity index (χ0v) is 15.8. The zero-order valence-electron chi connectivity index (χ0n) is 15.1. The Labute approximate surface area is 168 Å². The fraction of sp³-hybridized carbons (Fsp3) is 0. The molecular formula is C25H17ClN2. The van der Waals surface area contributed by atoms with Crippen molar-refractivity contribution in [2.75, 3.05) is 0 Å². The molecule has 0 spiro atoms. The van der Waals surface area contributed by atoms with Crippen molar-refractivity contribution >= 4 is 22.6 Å². The Kier molecular flexibility index (Phi) is 4.19. The Morgan fingerprint density at radius 2 is 1.21 bits per heavy atom. The van der Waals surface area contributed by atoms with Gasteiger partial charge in [0.25, 0.3) is 0 Å². The van der Waals surface area contributed by atoms with Crippen molar-refractivity contribution < 1.29 is 0 Å². The highest BCUT2D eigenvalue weighted by molar-refractivity contribution is 6.29. The quantitative estimate of drug-likeness (QED) is 0.308. The lowest BCUT2D eigenvalue weighted by Gasteiger charge is -2.12. The van der Waals surface area contributed by atoms with Crippen LogP contribution in [-0.4, -0.2) is 9.55 Å². The Bertz CT molecular complexity index is 1200. The third-order valence-corrected chi connectivity index (χ3v) is 5.12. The highest BCUT2D eigenvalue weighted by atomic mass is 35.5. The van der Waals surface area contributed by atoms with Gasteiger partial charge in [0.15, 0.2) is 0 Å². The van der Waals surface area contributed by atoms with Gasteiger partial charge in [0.2, 0.25) is 0 Å². The minimum absolute atomic E-state index is 0.495. The normalized spacial score (nSPS) is 11.0. The summed E-state index contributed by atoms with van der Waals surface area (Å²) in [5.41, 5.74) is 6.62. The molecule has 0 bridgehead atoms. The van der Waals surface area contributed by atoms with Crippen molar-refractivity contribution in [2.45, 2.75) is 0 Å². The van der Waals surface area contributed by atoms with Gasteiger partial charge in [-0.3, -0.25) is 0 Å². The van der Waals surface area contributed by atoms with Crippen LogP contribution in [-0.2, 0) is 0 Å². The van der Waals surface area contributed by atoms with Gasteiger partial charge in [0.1, 0.15) is 10.8 Å². The molecule has 0 saturated heterocycles. The van der Waals surface area contributed by atoms with Crippen LogP contribution >= 0.6 is 11.6 Å². The summed E-state index contributed by atoms with van der Waals surface area (Å²) < 4.78 is 2.10. The largest absolute Gasteiger partial charge is 0.301 e. The first kappa shape index (κ1) is 16.8. The average Bonchev–Trinajstić information content (AvgIpc) is 3.18. The Hall–Kier alpha value is -3.36. The molecule has 0 amide bonds. The second-order valence-corrected chi connectivity index (χ2v) is 7.12. The monoisotopic (exact) mass is 380 g/mol. The predicted molar refractivity (Wildman–Crippen MR) is 117 cm³/mol. The van der Waals surface area contributed by atoms with Crippen LogP contribution in [0.5, 0.6) is 0 Å². The molecule has 0 aliphatic carbocycles.